The van der Waals surface area contributed by atoms with E-state index < -0.39 is 17.4 Å². The molecule has 0 saturated heterocycles. The molecule has 5 saturated carbocycles. The lowest BCUT2D eigenvalue weighted by molar-refractivity contribution is -0.136. The molecule has 1 aromatic rings. The lowest BCUT2D eigenvalue weighted by Gasteiger charge is -2.58. The molecule has 4 bridgehead atoms. The lowest BCUT2D eigenvalue weighted by Crippen LogP contribution is -2.61. The van der Waals surface area contributed by atoms with E-state index in [1.165, 1.54) is 18.0 Å². The van der Waals surface area contributed by atoms with Crippen molar-refractivity contribution in [1.82, 2.24) is 15.3 Å². The molecule has 5 nitrogen and oxygen atoms in total. The second-order valence-electron chi connectivity index (χ2n) is 9.31. The number of nitrogens with zero attached hydrogens (tertiary/aromatic N) is 2. The molecule has 0 radical (unpaired) electrons. The monoisotopic (exact) mass is 409 g/mol. The summed E-state index contributed by atoms with van der Waals surface area (Å²) in [7, 11) is 0. The molecule has 1 heterocycles. The van der Waals surface area contributed by atoms with Gasteiger partial charge in [-0.1, -0.05) is 11.8 Å². The van der Waals surface area contributed by atoms with Gasteiger partial charge in [0.25, 0.3) is 5.91 Å². The molecule has 1 aromatic heterocycles. The number of carbonyl (C=O) groups is 1. The van der Waals surface area contributed by atoms with E-state index in [9.17, 15) is 18.7 Å². The maximum Gasteiger partial charge on any atom is 0.254 e. The van der Waals surface area contributed by atoms with Gasteiger partial charge >= 0.3 is 0 Å². The highest BCUT2D eigenvalue weighted by atomic mass is 32.2. The molecule has 2 N–H and O–H groups in total. The number of thioether (sulfide) groups is 1. The minimum absolute atomic E-state index is 0.0419. The summed E-state index contributed by atoms with van der Waals surface area (Å²) in [6.07, 6.45) is 7.27. The van der Waals surface area contributed by atoms with E-state index >= 15 is 0 Å². The first-order chi connectivity index (χ1) is 13.3. The summed E-state index contributed by atoms with van der Waals surface area (Å²) in [6, 6.07) is 0.0419. The molecule has 28 heavy (non-hydrogen) atoms. The van der Waals surface area contributed by atoms with E-state index in [1.54, 1.807) is 0 Å². The van der Waals surface area contributed by atoms with Crippen LogP contribution in [0.3, 0.4) is 0 Å². The quantitative estimate of drug-likeness (QED) is 0.589. The van der Waals surface area contributed by atoms with Crippen molar-refractivity contribution in [3.63, 3.8) is 0 Å². The maximum atomic E-state index is 13.4. The SMILES string of the molecule is CSc1ncc(C(=O)NC2C3CC4CC2CC(O)(C4)C3)c(C2CC(F)(F)C2)n1. The van der Waals surface area contributed by atoms with Crippen LogP contribution in [0.15, 0.2) is 11.4 Å². The van der Waals surface area contributed by atoms with E-state index in [0.29, 0.717) is 34.2 Å². The fourth-order valence-electron chi connectivity index (χ4n) is 6.26. The Kier molecular flexibility index (Phi) is 4.25. The number of hydrogen-bond donors (Lipinski definition) is 2. The van der Waals surface area contributed by atoms with E-state index in [2.05, 4.69) is 15.3 Å². The Morgan fingerprint density at radius 3 is 2.46 bits per heavy atom. The number of halogens is 2. The molecule has 2 unspecified atom stereocenters. The number of alkyl halides is 2. The van der Waals surface area contributed by atoms with Crippen LogP contribution in [0.4, 0.5) is 8.78 Å². The molecular formula is C20H25F2N3O2S. The van der Waals surface area contributed by atoms with Crippen molar-refractivity contribution in [2.45, 2.75) is 73.6 Å². The fourth-order valence-corrected chi connectivity index (χ4v) is 6.61. The number of aromatic nitrogens is 2. The zero-order valence-electron chi connectivity index (χ0n) is 15.8. The fraction of sp³-hybridized carbons (Fsp3) is 0.750. The third-order valence-corrected chi connectivity index (χ3v) is 7.80. The van der Waals surface area contributed by atoms with E-state index in [-0.39, 0.29) is 24.8 Å². The van der Waals surface area contributed by atoms with Crippen LogP contribution in [0.2, 0.25) is 0 Å². The first-order valence-corrected chi connectivity index (χ1v) is 11.3. The van der Waals surface area contributed by atoms with Crippen LogP contribution in [0.5, 0.6) is 0 Å². The molecule has 5 aliphatic carbocycles. The standard InChI is InChI=1S/C20H25F2N3O2S/c1-28-18-23-9-14(16(25-18)13-7-20(21,22)8-13)17(26)24-15-11-2-10-3-12(15)6-19(27,4-10)5-11/h9-13,15,27H,2-8H2,1H3,(H,24,26). The van der Waals surface area contributed by atoms with Crippen LogP contribution in [0.1, 0.15) is 66.9 Å². The third kappa shape index (κ3) is 3.12. The molecule has 5 fully saturated rings. The summed E-state index contributed by atoms with van der Waals surface area (Å²) in [5.41, 5.74) is 0.222. The minimum atomic E-state index is -2.67. The average molecular weight is 410 g/mol. The molecule has 8 heteroatoms. The molecule has 0 aromatic carbocycles. The predicted octanol–water partition coefficient (Wildman–Crippen LogP) is 3.38. The van der Waals surface area contributed by atoms with Crippen molar-refractivity contribution >= 4 is 17.7 Å². The Bertz CT molecular complexity index is 797. The van der Waals surface area contributed by atoms with Crippen molar-refractivity contribution in [2.75, 3.05) is 6.26 Å². The molecule has 6 rings (SSSR count). The lowest BCUT2D eigenvalue weighted by atomic mass is 9.52. The number of nitrogens with one attached hydrogen (secondary N) is 1. The third-order valence-electron chi connectivity index (χ3n) is 7.24. The van der Waals surface area contributed by atoms with Gasteiger partial charge in [0.1, 0.15) is 0 Å². The first kappa shape index (κ1) is 18.7. The highest BCUT2D eigenvalue weighted by Gasteiger charge is 2.55. The molecule has 5 aliphatic rings. The van der Waals surface area contributed by atoms with Gasteiger partial charge in [-0.05, 0) is 56.1 Å². The number of carbonyl (C=O) groups excluding carboxylic acids is 1. The van der Waals surface area contributed by atoms with Gasteiger partial charge < -0.3 is 10.4 Å². The van der Waals surface area contributed by atoms with Gasteiger partial charge in [0, 0.05) is 31.0 Å². The van der Waals surface area contributed by atoms with Gasteiger partial charge in [0.15, 0.2) is 5.16 Å². The molecule has 2 atom stereocenters. The second kappa shape index (κ2) is 6.36. The van der Waals surface area contributed by atoms with Crippen molar-refractivity contribution in [2.24, 2.45) is 17.8 Å². The Morgan fingerprint density at radius 2 is 1.89 bits per heavy atom. The zero-order chi connectivity index (χ0) is 19.7. The van der Waals surface area contributed by atoms with Gasteiger partial charge in [0.05, 0.1) is 16.9 Å². The Balaban J connectivity index is 1.37. The highest BCUT2D eigenvalue weighted by molar-refractivity contribution is 7.98. The van der Waals surface area contributed by atoms with Crippen molar-refractivity contribution in [3.05, 3.63) is 17.5 Å². The van der Waals surface area contributed by atoms with Gasteiger partial charge in [-0.25, -0.2) is 18.7 Å². The highest BCUT2D eigenvalue weighted by Crippen LogP contribution is 2.55. The van der Waals surface area contributed by atoms with Crippen molar-refractivity contribution in [3.8, 4) is 0 Å². The summed E-state index contributed by atoms with van der Waals surface area (Å²) in [5.74, 6) is -2.18. The molecule has 0 aliphatic heterocycles. The molecule has 0 spiro atoms. The first-order valence-electron chi connectivity index (χ1n) is 10.1. The maximum absolute atomic E-state index is 13.4. The van der Waals surface area contributed by atoms with E-state index in [1.807, 2.05) is 6.26 Å². The van der Waals surface area contributed by atoms with E-state index in [4.69, 9.17) is 0 Å². The summed E-state index contributed by atoms with van der Waals surface area (Å²) in [4.78, 5) is 21.7. The smallest absolute Gasteiger partial charge is 0.254 e. The number of hydrogen-bond acceptors (Lipinski definition) is 5. The number of amides is 1. The molecule has 1 amide bonds. The Hall–Kier alpha value is -1.28. The van der Waals surface area contributed by atoms with Gasteiger partial charge in [-0.3, -0.25) is 4.79 Å². The number of aliphatic hydroxyl groups is 1. The van der Waals surface area contributed by atoms with Crippen LogP contribution in [0.25, 0.3) is 0 Å². The summed E-state index contributed by atoms with van der Waals surface area (Å²) in [6.45, 7) is 0. The van der Waals surface area contributed by atoms with Gasteiger partial charge in [-0.2, -0.15) is 0 Å². The normalized spacial score (nSPS) is 38.3. The average Bonchev–Trinajstić information content (AvgIpc) is 2.60. The van der Waals surface area contributed by atoms with Crippen LogP contribution < -0.4 is 5.32 Å². The Morgan fingerprint density at radius 1 is 1.21 bits per heavy atom. The van der Waals surface area contributed by atoms with Crippen molar-refractivity contribution < 1.29 is 18.7 Å². The van der Waals surface area contributed by atoms with Crippen LogP contribution in [0, 0.1) is 17.8 Å². The zero-order valence-corrected chi connectivity index (χ0v) is 16.6. The Labute approximate surface area is 167 Å². The minimum Gasteiger partial charge on any atom is -0.390 e. The van der Waals surface area contributed by atoms with E-state index in [0.717, 1.165) is 32.1 Å². The summed E-state index contributed by atoms with van der Waals surface area (Å²) >= 11 is 1.34. The predicted molar refractivity (Wildman–Crippen MR) is 100 cm³/mol. The second-order valence-corrected chi connectivity index (χ2v) is 10.1. The van der Waals surface area contributed by atoms with Crippen molar-refractivity contribution in [1.29, 1.82) is 0 Å². The van der Waals surface area contributed by atoms with Crippen LogP contribution >= 0.6 is 11.8 Å². The largest absolute Gasteiger partial charge is 0.390 e. The topological polar surface area (TPSA) is 75.1 Å². The van der Waals surface area contributed by atoms with Gasteiger partial charge in [0.2, 0.25) is 5.92 Å². The van der Waals surface area contributed by atoms with Crippen LogP contribution in [-0.2, 0) is 0 Å². The molecule has 152 valence electrons. The summed E-state index contributed by atoms with van der Waals surface area (Å²) < 4.78 is 26.8. The summed E-state index contributed by atoms with van der Waals surface area (Å²) in [5, 5.41) is 14.4. The van der Waals surface area contributed by atoms with Crippen LogP contribution in [-0.4, -0.2) is 44.8 Å². The van der Waals surface area contributed by atoms with Gasteiger partial charge in [-0.15, -0.1) is 0 Å². The molecular weight excluding hydrogens is 384 g/mol. The number of rotatable bonds is 4.